The van der Waals surface area contributed by atoms with Crippen LogP contribution in [0.4, 0.5) is 4.39 Å². The molecule has 21 heavy (non-hydrogen) atoms. The van der Waals surface area contributed by atoms with E-state index >= 15 is 0 Å². The Balaban J connectivity index is 1.80. The number of pyridine rings is 1. The number of hydrogen-bond acceptors (Lipinski definition) is 3. The van der Waals surface area contributed by atoms with Crippen molar-refractivity contribution in [2.24, 2.45) is 0 Å². The van der Waals surface area contributed by atoms with Crippen molar-refractivity contribution in [2.75, 3.05) is 0 Å². The van der Waals surface area contributed by atoms with Crippen LogP contribution in [0.5, 0.6) is 5.75 Å². The zero-order chi connectivity index (χ0) is 14.8. The first-order valence-electron chi connectivity index (χ1n) is 6.21. The Labute approximate surface area is 119 Å². The maximum atomic E-state index is 13.0. The van der Waals surface area contributed by atoms with E-state index in [1.54, 1.807) is 28.8 Å². The molecule has 0 atom stereocenters. The van der Waals surface area contributed by atoms with Gasteiger partial charge in [0.05, 0.1) is 11.3 Å². The number of carbonyl (C=O) groups is 1. The van der Waals surface area contributed by atoms with E-state index in [1.165, 1.54) is 24.4 Å². The van der Waals surface area contributed by atoms with Crippen LogP contribution in [-0.4, -0.2) is 20.5 Å². The van der Waals surface area contributed by atoms with E-state index < -0.39 is 5.97 Å². The first kappa shape index (κ1) is 13.1. The molecule has 0 radical (unpaired) electrons. The van der Waals surface area contributed by atoms with Crippen molar-refractivity contribution in [2.45, 2.75) is 6.61 Å². The second-order valence-electron chi connectivity index (χ2n) is 4.47. The number of aromatic nitrogens is 2. The number of carboxylic acid groups (broad SMARTS) is 1. The van der Waals surface area contributed by atoms with Crippen molar-refractivity contribution in [3.05, 3.63) is 65.9 Å². The number of imidazole rings is 1. The lowest BCUT2D eigenvalue weighted by Crippen LogP contribution is -1.97. The summed E-state index contributed by atoms with van der Waals surface area (Å²) in [5.74, 6) is -0.949. The van der Waals surface area contributed by atoms with Crippen molar-refractivity contribution >= 4 is 11.6 Å². The largest absolute Gasteiger partial charge is 0.487 e. The average molecular weight is 286 g/mol. The van der Waals surface area contributed by atoms with Gasteiger partial charge in [0.2, 0.25) is 0 Å². The van der Waals surface area contributed by atoms with Gasteiger partial charge in [0, 0.05) is 18.5 Å². The summed E-state index contributed by atoms with van der Waals surface area (Å²) in [6.45, 7) is 0.174. The molecule has 106 valence electrons. The van der Waals surface area contributed by atoms with Crippen LogP contribution in [0.3, 0.4) is 0 Å². The Hall–Kier alpha value is -2.89. The van der Waals surface area contributed by atoms with Gasteiger partial charge in [0.25, 0.3) is 0 Å². The zero-order valence-corrected chi connectivity index (χ0v) is 10.9. The monoisotopic (exact) mass is 286 g/mol. The fourth-order valence-electron chi connectivity index (χ4n) is 1.95. The van der Waals surface area contributed by atoms with Gasteiger partial charge in [-0.15, -0.1) is 0 Å². The third kappa shape index (κ3) is 2.84. The lowest BCUT2D eigenvalue weighted by molar-refractivity contribution is 0.0696. The smallest absolute Gasteiger partial charge is 0.337 e. The second-order valence-corrected chi connectivity index (χ2v) is 4.47. The number of fused-ring (bicyclic) bond motifs is 1. The number of nitrogens with zero attached hydrogens (tertiary/aromatic N) is 2. The van der Waals surface area contributed by atoms with Crippen molar-refractivity contribution in [1.29, 1.82) is 0 Å². The van der Waals surface area contributed by atoms with Gasteiger partial charge < -0.3 is 14.2 Å². The van der Waals surface area contributed by atoms with Crippen molar-refractivity contribution < 1.29 is 19.0 Å². The summed E-state index contributed by atoms with van der Waals surface area (Å²) in [7, 11) is 0. The fraction of sp³-hybridized carbons (Fsp3) is 0.0667. The van der Waals surface area contributed by atoms with Gasteiger partial charge in [0.15, 0.2) is 0 Å². The van der Waals surface area contributed by atoms with E-state index in [0.717, 1.165) is 0 Å². The Morgan fingerprint density at radius 2 is 2.14 bits per heavy atom. The maximum absolute atomic E-state index is 13.0. The van der Waals surface area contributed by atoms with Crippen LogP contribution in [0, 0.1) is 5.82 Å². The summed E-state index contributed by atoms with van der Waals surface area (Å²) in [4.78, 5) is 15.2. The Morgan fingerprint density at radius 1 is 1.29 bits per heavy atom. The third-order valence-corrected chi connectivity index (χ3v) is 2.93. The predicted octanol–water partition coefficient (Wildman–Crippen LogP) is 2.75. The standard InChI is InChI=1S/C15H11FN2O3/c16-11-2-1-3-13(6-11)21-9-12-8-18-7-10(15(19)20)4-5-14(18)17-12/h1-8H,9H2,(H,19,20). The first-order valence-corrected chi connectivity index (χ1v) is 6.21. The average Bonchev–Trinajstić information content (AvgIpc) is 2.87. The van der Waals surface area contributed by atoms with Crippen LogP contribution < -0.4 is 4.74 Å². The van der Waals surface area contributed by atoms with E-state index in [1.807, 2.05) is 0 Å². The van der Waals surface area contributed by atoms with Gasteiger partial charge in [-0.1, -0.05) is 6.07 Å². The van der Waals surface area contributed by atoms with E-state index in [2.05, 4.69) is 4.98 Å². The number of carboxylic acids is 1. The lowest BCUT2D eigenvalue weighted by Gasteiger charge is -2.03. The number of rotatable bonds is 4. The van der Waals surface area contributed by atoms with Crippen LogP contribution >= 0.6 is 0 Å². The molecule has 6 heteroatoms. The molecule has 2 aromatic heterocycles. The first-order chi connectivity index (χ1) is 10.1. The molecular weight excluding hydrogens is 275 g/mol. The lowest BCUT2D eigenvalue weighted by atomic mass is 10.3. The van der Waals surface area contributed by atoms with Crippen molar-refractivity contribution in [1.82, 2.24) is 9.38 Å². The van der Waals surface area contributed by atoms with Crippen molar-refractivity contribution in [3.8, 4) is 5.75 Å². The van der Waals surface area contributed by atoms with Gasteiger partial charge in [-0.25, -0.2) is 14.2 Å². The summed E-state index contributed by atoms with van der Waals surface area (Å²) >= 11 is 0. The van der Waals surface area contributed by atoms with Gasteiger partial charge in [-0.2, -0.15) is 0 Å². The van der Waals surface area contributed by atoms with Gasteiger partial charge in [-0.3, -0.25) is 0 Å². The highest BCUT2D eigenvalue weighted by atomic mass is 19.1. The predicted molar refractivity (Wildman–Crippen MR) is 72.9 cm³/mol. The molecule has 3 aromatic rings. The molecule has 0 bridgehead atoms. The molecule has 0 fully saturated rings. The number of hydrogen-bond donors (Lipinski definition) is 1. The van der Waals surface area contributed by atoms with Crippen LogP contribution in [-0.2, 0) is 6.61 Å². The van der Waals surface area contributed by atoms with E-state index in [4.69, 9.17) is 9.84 Å². The van der Waals surface area contributed by atoms with Crippen LogP contribution in [0.15, 0.2) is 48.8 Å². The van der Waals surface area contributed by atoms with E-state index in [0.29, 0.717) is 17.1 Å². The molecule has 3 rings (SSSR count). The minimum absolute atomic E-state index is 0.174. The molecule has 0 unspecified atom stereocenters. The second kappa shape index (κ2) is 5.24. The van der Waals surface area contributed by atoms with Crippen LogP contribution in [0.2, 0.25) is 0 Å². The topological polar surface area (TPSA) is 63.8 Å². The summed E-state index contributed by atoms with van der Waals surface area (Å²) in [5.41, 5.74) is 1.43. The highest BCUT2D eigenvalue weighted by Gasteiger charge is 2.07. The molecule has 1 N–H and O–H groups in total. The molecule has 0 spiro atoms. The summed E-state index contributed by atoms with van der Waals surface area (Å²) in [5, 5.41) is 8.94. The number of aromatic carboxylic acids is 1. The molecule has 0 aliphatic rings. The minimum Gasteiger partial charge on any atom is -0.487 e. The van der Waals surface area contributed by atoms with E-state index in [9.17, 15) is 9.18 Å². The van der Waals surface area contributed by atoms with Crippen LogP contribution in [0.1, 0.15) is 16.1 Å². The van der Waals surface area contributed by atoms with E-state index in [-0.39, 0.29) is 18.0 Å². The van der Waals surface area contributed by atoms with Crippen LogP contribution in [0.25, 0.3) is 5.65 Å². The zero-order valence-electron chi connectivity index (χ0n) is 10.9. The molecule has 5 nitrogen and oxygen atoms in total. The highest BCUT2D eigenvalue weighted by Crippen LogP contribution is 2.15. The number of ether oxygens (including phenoxy) is 1. The molecule has 0 amide bonds. The molecule has 2 heterocycles. The molecule has 1 aromatic carbocycles. The Bertz CT molecular complexity index is 814. The molecule has 0 aliphatic carbocycles. The quantitative estimate of drug-likeness (QED) is 0.801. The van der Waals surface area contributed by atoms with Crippen molar-refractivity contribution in [3.63, 3.8) is 0 Å². The summed E-state index contributed by atoms with van der Waals surface area (Å²) in [6.07, 6.45) is 3.16. The van der Waals surface area contributed by atoms with Gasteiger partial charge >= 0.3 is 5.97 Å². The number of benzene rings is 1. The Morgan fingerprint density at radius 3 is 2.90 bits per heavy atom. The van der Waals surface area contributed by atoms with Gasteiger partial charge in [0.1, 0.15) is 23.8 Å². The Kier molecular flexibility index (Phi) is 3.27. The highest BCUT2D eigenvalue weighted by molar-refractivity contribution is 5.87. The third-order valence-electron chi connectivity index (χ3n) is 2.93. The number of halogens is 1. The summed E-state index contributed by atoms with van der Waals surface area (Å²) in [6, 6.07) is 8.95. The fourth-order valence-corrected chi connectivity index (χ4v) is 1.95. The van der Waals surface area contributed by atoms with Gasteiger partial charge in [-0.05, 0) is 24.3 Å². The molecular formula is C15H11FN2O3. The molecule has 0 saturated heterocycles. The SMILES string of the molecule is O=C(O)c1ccc2nc(COc3cccc(F)c3)cn2c1. The molecule has 0 aliphatic heterocycles. The molecule has 0 saturated carbocycles. The maximum Gasteiger partial charge on any atom is 0.337 e. The summed E-state index contributed by atoms with van der Waals surface area (Å²) < 4.78 is 20.1. The normalized spacial score (nSPS) is 10.7. The minimum atomic E-state index is -0.997.